The molecule has 0 bridgehead atoms. The van der Waals surface area contributed by atoms with E-state index in [0.29, 0.717) is 17.9 Å². The molecule has 1 unspecified atom stereocenters. The lowest BCUT2D eigenvalue weighted by molar-refractivity contribution is 0.160. The fraction of sp³-hybridized carbons (Fsp3) is 0.500. The van der Waals surface area contributed by atoms with E-state index >= 15 is 0 Å². The van der Waals surface area contributed by atoms with E-state index in [9.17, 15) is 12.8 Å². The van der Waals surface area contributed by atoms with Gasteiger partial charge in [0.2, 0.25) is 15.0 Å². The van der Waals surface area contributed by atoms with E-state index in [-0.39, 0.29) is 22.9 Å². The van der Waals surface area contributed by atoms with Gasteiger partial charge in [0.1, 0.15) is 6.17 Å². The lowest BCUT2D eigenvalue weighted by Gasteiger charge is -2.23. The first kappa shape index (κ1) is 14.4. The van der Waals surface area contributed by atoms with Gasteiger partial charge in [-0.1, -0.05) is 23.7 Å². The third kappa shape index (κ3) is 2.23. The number of hydrogen-bond acceptors (Lipinski definition) is 5. The monoisotopic (exact) mass is 343 g/mol. The first-order chi connectivity index (χ1) is 10.5. The van der Waals surface area contributed by atoms with Gasteiger partial charge in [-0.25, -0.2) is 17.8 Å². The number of fused-ring (bicyclic) bond motifs is 1. The van der Waals surface area contributed by atoms with Crippen LogP contribution in [0.1, 0.15) is 30.9 Å². The molecule has 2 aliphatic heterocycles. The quantitative estimate of drug-likeness (QED) is 0.894. The lowest BCUT2D eigenvalue weighted by Crippen LogP contribution is -2.42. The summed E-state index contributed by atoms with van der Waals surface area (Å²) in [6.45, 7) is 0. The van der Waals surface area contributed by atoms with Crippen molar-refractivity contribution in [3.63, 3.8) is 0 Å². The van der Waals surface area contributed by atoms with Gasteiger partial charge in [0.25, 0.3) is 0 Å². The van der Waals surface area contributed by atoms with Crippen LogP contribution in [-0.4, -0.2) is 36.2 Å². The molecule has 1 saturated heterocycles. The predicted octanol–water partition coefficient (Wildman–Crippen LogP) is 2.20. The van der Waals surface area contributed by atoms with Gasteiger partial charge in [0, 0.05) is 11.4 Å². The fourth-order valence-corrected chi connectivity index (χ4v) is 4.80. The second-order valence-electron chi connectivity index (χ2n) is 5.93. The summed E-state index contributed by atoms with van der Waals surface area (Å²) in [6.07, 6.45) is -0.413. The van der Waals surface area contributed by atoms with Crippen molar-refractivity contribution in [3.8, 4) is 0 Å². The van der Waals surface area contributed by atoms with E-state index in [1.54, 1.807) is 23.2 Å². The Labute approximate surface area is 133 Å². The molecule has 0 spiro atoms. The molecule has 2 heterocycles. The summed E-state index contributed by atoms with van der Waals surface area (Å²) in [5, 5.41) is 1.73. The maximum Gasteiger partial charge on any atom is 0.233 e. The van der Waals surface area contributed by atoms with Gasteiger partial charge in [-0.2, -0.15) is 5.01 Å². The maximum atomic E-state index is 14.3. The van der Waals surface area contributed by atoms with Gasteiger partial charge < -0.3 is 0 Å². The number of nitrogens with zero attached hydrogens (tertiary/aromatic N) is 2. The number of sulfone groups is 1. The van der Waals surface area contributed by atoms with Crippen molar-refractivity contribution in [1.82, 2.24) is 10.4 Å². The Hall–Kier alpha value is -1.18. The van der Waals surface area contributed by atoms with Gasteiger partial charge in [-0.3, -0.25) is 5.43 Å². The van der Waals surface area contributed by atoms with Gasteiger partial charge in [0.15, 0.2) is 6.17 Å². The molecule has 118 valence electrons. The first-order valence-electron chi connectivity index (χ1n) is 7.23. The van der Waals surface area contributed by atoms with Gasteiger partial charge in [-0.05, 0) is 30.5 Å². The van der Waals surface area contributed by atoms with Crippen LogP contribution in [0.2, 0.25) is 5.02 Å². The number of rotatable bonds is 2. The molecule has 8 heteroatoms. The second kappa shape index (κ2) is 4.91. The van der Waals surface area contributed by atoms with Crippen LogP contribution in [0.5, 0.6) is 0 Å². The van der Waals surface area contributed by atoms with Crippen LogP contribution in [-0.2, 0) is 9.84 Å². The number of aliphatic imine (C=N–C) groups is 1. The molecule has 3 aliphatic rings. The van der Waals surface area contributed by atoms with Crippen LogP contribution in [0.25, 0.3) is 0 Å². The molecule has 0 aromatic heterocycles. The average molecular weight is 344 g/mol. The highest BCUT2D eigenvalue weighted by molar-refractivity contribution is 8.07. The number of hydrogen-bond donors (Lipinski definition) is 1. The van der Waals surface area contributed by atoms with Crippen molar-refractivity contribution in [2.24, 2.45) is 4.99 Å². The Morgan fingerprint density at radius 2 is 2.14 bits per heavy atom. The molecule has 1 saturated carbocycles. The Bertz CT molecular complexity index is 750. The molecular weight excluding hydrogens is 329 g/mol. The molecule has 1 aromatic carbocycles. The molecule has 1 N–H and O–H groups in total. The Morgan fingerprint density at radius 3 is 2.82 bits per heavy atom. The van der Waals surface area contributed by atoms with Gasteiger partial charge in [-0.15, -0.1) is 0 Å². The normalized spacial score (nSPS) is 31.7. The van der Waals surface area contributed by atoms with Crippen molar-refractivity contribution >= 4 is 26.6 Å². The highest BCUT2D eigenvalue weighted by atomic mass is 35.5. The molecule has 1 aliphatic carbocycles. The minimum atomic E-state index is -3.44. The second-order valence-corrected chi connectivity index (χ2v) is 8.51. The summed E-state index contributed by atoms with van der Waals surface area (Å²) in [4.78, 5) is 4.10. The Kier molecular flexibility index (Phi) is 3.22. The summed E-state index contributed by atoms with van der Waals surface area (Å²) in [5.41, 5.74) is 3.68. The average Bonchev–Trinajstić information content (AvgIpc) is 3.16. The number of hydrazine groups is 1. The van der Waals surface area contributed by atoms with Crippen LogP contribution in [0.4, 0.5) is 4.39 Å². The van der Waals surface area contributed by atoms with Crippen LogP contribution in [0, 0.1) is 0 Å². The summed E-state index contributed by atoms with van der Waals surface area (Å²) in [5.74, 6) is 0. The maximum absolute atomic E-state index is 14.3. The lowest BCUT2D eigenvalue weighted by atomic mass is 10.0. The molecule has 1 aromatic rings. The third-order valence-corrected chi connectivity index (χ3v) is 6.65. The van der Waals surface area contributed by atoms with Crippen molar-refractivity contribution in [2.75, 3.05) is 0 Å². The molecule has 2 fully saturated rings. The molecule has 3 atom stereocenters. The SMILES string of the molecule is O=S(=O)(C1=NC2[C@@H](F)C[C@@H](c3cccc(Cl)c3)N2N1)C1CC1. The zero-order valence-corrected chi connectivity index (χ0v) is 13.2. The van der Waals surface area contributed by atoms with Crippen LogP contribution in [0.15, 0.2) is 29.3 Å². The van der Waals surface area contributed by atoms with Crippen molar-refractivity contribution in [2.45, 2.75) is 42.9 Å². The number of alkyl halides is 1. The Balaban J connectivity index is 1.63. The topological polar surface area (TPSA) is 61.8 Å². The van der Waals surface area contributed by atoms with Crippen LogP contribution in [0.3, 0.4) is 0 Å². The summed E-state index contributed by atoms with van der Waals surface area (Å²) in [6, 6.07) is 6.91. The minimum Gasteiger partial charge on any atom is -0.291 e. The third-order valence-electron chi connectivity index (χ3n) is 4.33. The van der Waals surface area contributed by atoms with E-state index in [1.807, 2.05) is 6.07 Å². The zero-order valence-electron chi connectivity index (χ0n) is 11.6. The van der Waals surface area contributed by atoms with E-state index in [0.717, 1.165) is 5.56 Å². The van der Waals surface area contributed by atoms with E-state index in [1.165, 1.54) is 0 Å². The van der Waals surface area contributed by atoms with Crippen molar-refractivity contribution in [3.05, 3.63) is 34.9 Å². The van der Waals surface area contributed by atoms with E-state index in [4.69, 9.17) is 11.6 Å². The molecule has 5 nitrogen and oxygen atoms in total. The summed E-state index contributed by atoms with van der Waals surface area (Å²) >= 11 is 6.00. The first-order valence-corrected chi connectivity index (χ1v) is 9.15. The molecule has 22 heavy (non-hydrogen) atoms. The van der Waals surface area contributed by atoms with Crippen LogP contribution < -0.4 is 5.43 Å². The minimum absolute atomic E-state index is 0.0885. The summed E-state index contributed by atoms with van der Waals surface area (Å²) < 4.78 is 38.8. The van der Waals surface area contributed by atoms with Crippen molar-refractivity contribution < 1.29 is 12.8 Å². The van der Waals surface area contributed by atoms with Crippen LogP contribution >= 0.6 is 11.6 Å². The van der Waals surface area contributed by atoms with Gasteiger partial charge >= 0.3 is 0 Å². The molecule has 0 amide bonds. The summed E-state index contributed by atoms with van der Waals surface area (Å²) in [7, 11) is -3.44. The number of halogens is 2. The highest BCUT2D eigenvalue weighted by Crippen LogP contribution is 2.41. The molecule has 0 radical (unpaired) electrons. The van der Waals surface area contributed by atoms with E-state index in [2.05, 4.69) is 10.4 Å². The number of nitrogens with one attached hydrogen (secondary N) is 1. The highest BCUT2D eigenvalue weighted by Gasteiger charge is 2.50. The predicted molar refractivity (Wildman–Crippen MR) is 81.8 cm³/mol. The number of benzene rings is 1. The largest absolute Gasteiger partial charge is 0.291 e. The Morgan fingerprint density at radius 1 is 1.36 bits per heavy atom. The standard InChI is InChI=1S/C14H15ClFN3O2S/c15-9-3-1-2-8(6-9)12-7-11(16)13-17-14(18-19(12)13)22(20,21)10-4-5-10/h1-3,6,10-13H,4-5,7H2,(H,17,18)/t11-,12-,13?/m0/s1. The van der Waals surface area contributed by atoms with E-state index < -0.39 is 22.2 Å². The van der Waals surface area contributed by atoms with Crippen molar-refractivity contribution in [1.29, 1.82) is 0 Å². The zero-order chi connectivity index (χ0) is 15.5. The number of amidine groups is 1. The molecular formula is C14H15ClFN3O2S. The smallest absolute Gasteiger partial charge is 0.233 e. The van der Waals surface area contributed by atoms with Gasteiger partial charge in [0.05, 0.1) is 11.3 Å². The fourth-order valence-electron chi connectivity index (χ4n) is 3.04. The molecule has 4 rings (SSSR count).